The Kier molecular flexibility index (Phi) is 3.95. The molecule has 0 aliphatic heterocycles. The van der Waals surface area contributed by atoms with Crippen LogP contribution < -0.4 is 0 Å². The van der Waals surface area contributed by atoms with Gasteiger partial charge in [0.1, 0.15) is 0 Å². The van der Waals surface area contributed by atoms with E-state index in [2.05, 4.69) is 48.8 Å². The molecule has 1 aromatic rings. The van der Waals surface area contributed by atoms with Crippen molar-refractivity contribution < 1.29 is 0 Å². The van der Waals surface area contributed by atoms with Crippen molar-refractivity contribution in [1.82, 2.24) is 0 Å². The summed E-state index contributed by atoms with van der Waals surface area (Å²) in [6.07, 6.45) is 3.15. The lowest BCUT2D eigenvalue weighted by Crippen LogP contribution is -1.85. The van der Waals surface area contributed by atoms with E-state index < -0.39 is 0 Å². The van der Waals surface area contributed by atoms with Crippen molar-refractivity contribution in [3.8, 4) is 0 Å². The second-order valence-corrected chi connectivity index (χ2v) is 3.27. The minimum Gasteiger partial charge on any atom is -0.0837 e. The average molecular weight is 177 g/mol. The summed E-state index contributed by atoms with van der Waals surface area (Å²) in [6.45, 7) is 2.11. The molecule has 0 N–H and O–H groups in total. The van der Waals surface area contributed by atoms with Gasteiger partial charge in [-0.25, -0.2) is 0 Å². The number of hydrogen-bond acceptors (Lipinski definition) is 1. The van der Waals surface area contributed by atoms with E-state index in [1.807, 2.05) is 0 Å². The quantitative estimate of drug-likeness (QED) is 0.503. The molecule has 1 rings (SSSR count). The normalized spacial score (nSPS) is 9.75. The van der Waals surface area contributed by atoms with Crippen LogP contribution in [0, 0.1) is 6.92 Å². The molecule has 0 unspecified atom stereocenters. The Hall–Kier alpha value is -0.690. The second kappa shape index (κ2) is 5.04. The second-order valence-electron chi connectivity index (χ2n) is 2.98. The molecule has 0 aromatic heterocycles. The number of rotatable bonds is 4. The van der Waals surface area contributed by atoms with Crippen molar-refractivity contribution in [1.29, 1.82) is 0 Å². The Labute approximate surface area is 79.6 Å². The van der Waals surface area contributed by atoms with E-state index in [1.165, 1.54) is 11.1 Å². The van der Waals surface area contributed by atoms with Crippen LogP contribution in [0.25, 0.3) is 0 Å². The van der Waals surface area contributed by atoms with Gasteiger partial charge in [0.25, 0.3) is 0 Å². The van der Waals surface area contributed by atoms with Crippen LogP contribution in [-0.2, 0) is 6.42 Å². The van der Waals surface area contributed by atoms with Gasteiger partial charge in [-0.15, -0.1) is 0 Å². The van der Waals surface area contributed by atoms with Crippen molar-refractivity contribution in [3.63, 3.8) is 0 Å². The van der Waals surface area contributed by atoms with Gasteiger partial charge in [-0.3, -0.25) is 0 Å². The summed E-state index contributed by atoms with van der Waals surface area (Å²) >= 11 is 4.64. The third-order valence-corrected chi connectivity index (χ3v) is 2.07. The highest BCUT2D eigenvalue weighted by Gasteiger charge is 1.91. The highest BCUT2D eigenvalue weighted by Crippen LogP contribution is 2.06. The van der Waals surface area contributed by atoms with Crippen molar-refractivity contribution in [2.24, 2.45) is 0 Å². The molecule has 0 amide bonds. The largest absolute Gasteiger partial charge is 0.0837 e. The summed E-state index contributed by atoms with van der Waals surface area (Å²) in [5, 5.41) is 2.73. The van der Waals surface area contributed by atoms with Gasteiger partial charge in [0, 0.05) is 5.37 Å². The fourth-order valence-electron chi connectivity index (χ4n) is 1.12. The van der Waals surface area contributed by atoms with E-state index in [-0.39, 0.29) is 0 Å². The molecule has 1 heteroatoms. The maximum absolute atomic E-state index is 4.64. The predicted molar refractivity (Wildman–Crippen MR) is 56.7 cm³/mol. The van der Waals surface area contributed by atoms with Gasteiger partial charge < -0.3 is 0 Å². The molecule has 0 bridgehead atoms. The summed E-state index contributed by atoms with van der Waals surface area (Å²) in [4.78, 5) is 0. The van der Waals surface area contributed by atoms with Gasteiger partial charge in [0.05, 0.1) is 0 Å². The number of benzene rings is 1. The van der Waals surface area contributed by atoms with Gasteiger partial charge >= 0.3 is 0 Å². The molecule has 0 aliphatic carbocycles. The van der Waals surface area contributed by atoms with Gasteiger partial charge in [-0.05, 0) is 31.7 Å². The number of aryl methyl sites for hydroxylation is 2. The Morgan fingerprint density at radius 3 is 2.50 bits per heavy atom. The first-order valence-electron chi connectivity index (χ1n) is 4.23. The summed E-state index contributed by atoms with van der Waals surface area (Å²) in [7, 11) is 0. The number of hydrogen-bond donors (Lipinski definition) is 0. The predicted octanol–water partition coefficient (Wildman–Crippen LogP) is 3.19. The van der Waals surface area contributed by atoms with Crippen LogP contribution in [0.2, 0.25) is 0 Å². The summed E-state index contributed by atoms with van der Waals surface area (Å²) < 4.78 is 0. The molecular formula is C11H13S. The Bertz CT molecular complexity index is 236. The van der Waals surface area contributed by atoms with E-state index in [9.17, 15) is 0 Å². The Morgan fingerprint density at radius 2 is 1.92 bits per heavy atom. The first kappa shape index (κ1) is 9.40. The topological polar surface area (TPSA) is 0 Å². The summed E-state index contributed by atoms with van der Waals surface area (Å²) in [6, 6.07) is 8.66. The smallest absolute Gasteiger partial charge is 0.0291 e. The molecule has 0 heterocycles. The fourth-order valence-corrected chi connectivity index (χ4v) is 1.26. The minimum atomic E-state index is 0.920. The molecule has 0 nitrogen and oxygen atoms in total. The van der Waals surface area contributed by atoms with E-state index in [0.29, 0.717) is 0 Å². The van der Waals surface area contributed by atoms with E-state index in [1.54, 1.807) is 0 Å². The molecule has 63 valence electrons. The van der Waals surface area contributed by atoms with Gasteiger partial charge in [-0.2, -0.15) is 0 Å². The lowest BCUT2D eigenvalue weighted by Gasteiger charge is -1.98. The van der Waals surface area contributed by atoms with E-state index >= 15 is 0 Å². The van der Waals surface area contributed by atoms with Crippen LogP contribution in [0.5, 0.6) is 0 Å². The molecule has 0 aliphatic rings. The van der Waals surface area contributed by atoms with Crippen molar-refractivity contribution >= 4 is 17.6 Å². The van der Waals surface area contributed by atoms with Crippen LogP contribution in [0.1, 0.15) is 24.0 Å². The zero-order chi connectivity index (χ0) is 8.81. The van der Waals surface area contributed by atoms with Gasteiger partial charge in [0.15, 0.2) is 0 Å². The zero-order valence-electron chi connectivity index (χ0n) is 7.34. The van der Waals surface area contributed by atoms with Crippen LogP contribution in [0.4, 0.5) is 0 Å². The van der Waals surface area contributed by atoms with Gasteiger partial charge in [-0.1, -0.05) is 42.0 Å². The van der Waals surface area contributed by atoms with E-state index in [0.717, 1.165) is 19.3 Å². The van der Waals surface area contributed by atoms with Gasteiger partial charge in [0.2, 0.25) is 0 Å². The molecular weight excluding hydrogens is 164 g/mol. The molecule has 0 saturated heterocycles. The molecule has 1 aromatic carbocycles. The SMILES string of the molecule is Cc1ccc(CCC[C]=S)cc1. The van der Waals surface area contributed by atoms with Crippen LogP contribution in [0.15, 0.2) is 24.3 Å². The number of unbranched alkanes of at least 4 members (excludes halogenated alkanes) is 1. The third kappa shape index (κ3) is 3.14. The minimum absolute atomic E-state index is 0.920. The lowest BCUT2D eigenvalue weighted by atomic mass is 10.1. The van der Waals surface area contributed by atoms with E-state index in [4.69, 9.17) is 0 Å². The van der Waals surface area contributed by atoms with Crippen molar-refractivity contribution in [2.45, 2.75) is 26.2 Å². The van der Waals surface area contributed by atoms with Crippen molar-refractivity contribution in [3.05, 3.63) is 35.4 Å². The maximum atomic E-state index is 4.64. The van der Waals surface area contributed by atoms with Crippen LogP contribution in [-0.4, -0.2) is 5.37 Å². The highest BCUT2D eigenvalue weighted by atomic mass is 32.1. The molecule has 0 fully saturated rings. The highest BCUT2D eigenvalue weighted by molar-refractivity contribution is 7.78. The zero-order valence-corrected chi connectivity index (χ0v) is 8.16. The molecule has 1 radical (unpaired) electrons. The standard InChI is InChI=1S/C11H13S/c1-10-5-7-11(8-6-10)4-2-3-9-12/h5-8H,2-4H2,1H3. The van der Waals surface area contributed by atoms with Crippen LogP contribution in [0.3, 0.4) is 0 Å². The lowest BCUT2D eigenvalue weighted by molar-refractivity contribution is 0.878. The Morgan fingerprint density at radius 1 is 1.25 bits per heavy atom. The molecule has 0 spiro atoms. The molecule has 0 saturated carbocycles. The first-order chi connectivity index (χ1) is 5.83. The van der Waals surface area contributed by atoms with Crippen LogP contribution >= 0.6 is 12.2 Å². The first-order valence-corrected chi connectivity index (χ1v) is 4.64. The molecule has 12 heavy (non-hydrogen) atoms. The number of thiocarbonyl (C=S) groups is 1. The van der Waals surface area contributed by atoms with Crippen molar-refractivity contribution in [2.75, 3.05) is 0 Å². The fraction of sp³-hybridized carbons (Fsp3) is 0.364. The third-order valence-electron chi connectivity index (χ3n) is 1.86. The Balaban J connectivity index is 2.42. The molecule has 0 atom stereocenters. The maximum Gasteiger partial charge on any atom is 0.0291 e. The monoisotopic (exact) mass is 177 g/mol. The summed E-state index contributed by atoms with van der Waals surface area (Å²) in [5.41, 5.74) is 2.71. The summed E-state index contributed by atoms with van der Waals surface area (Å²) in [5.74, 6) is 0. The average Bonchev–Trinajstić information content (AvgIpc) is 2.09.